The summed E-state index contributed by atoms with van der Waals surface area (Å²) in [6.45, 7) is 5.77. The highest BCUT2D eigenvalue weighted by molar-refractivity contribution is 5.74. The zero-order valence-corrected chi connectivity index (χ0v) is 9.12. The fourth-order valence-corrected chi connectivity index (χ4v) is 2.43. The summed E-state index contributed by atoms with van der Waals surface area (Å²) in [6, 6.07) is 0. The average Bonchev–Trinajstić information content (AvgIpc) is 2.59. The molecular formula is C12H18O2. The van der Waals surface area contributed by atoms with E-state index in [-0.39, 0.29) is 17.5 Å². The lowest BCUT2D eigenvalue weighted by Crippen LogP contribution is -2.30. The normalized spacial score (nSPS) is 34.9. The molecule has 2 unspecified atom stereocenters. The van der Waals surface area contributed by atoms with Crippen molar-refractivity contribution < 1.29 is 9.53 Å². The van der Waals surface area contributed by atoms with Crippen molar-refractivity contribution in [2.24, 2.45) is 17.8 Å². The van der Waals surface area contributed by atoms with Crippen molar-refractivity contribution in [1.29, 1.82) is 0 Å². The summed E-state index contributed by atoms with van der Waals surface area (Å²) in [5.41, 5.74) is -0.345. The van der Waals surface area contributed by atoms with Gasteiger partial charge in [0.05, 0.1) is 5.92 Å². The molecule has 2 heteroatoms. The number of hydrogen-bond acceptors (Lipinski definition) is 2. The van der Waals surface area contributed by atoms with Gasteiger partial charge in [-0.25, -0.2) is 0 Å². The van der Waals surface area contributed by atoms with E-state index in [9.17, 15) is 4.79 Å². The number of carbonyl (C=O) groups is 1. The zero-order valence-electron chi connectivity index (χ0n) is 9.12. The number of carbonyl (C=O) groups excluding carboxylic acids is 1. The van der Waals surface area contributed by atoms with Crippen LogP contribution in [0.4, 0.5) is 0 Å². The maximum absolute atomic E-state index is 11.8. The Morgan fingerprint density at radius 1 is 1.29 bits per heavy atom. The number of ether oxygens (including phenoxy) is 1. The van der Waals surface area contributed by atoms with E-state index >= 15 is 0 Å². The van der Waals surface area contributed by atoms with E-state index in [4.69, 9.17) is 4.74 Å². The number of fused-ring (bicyclic) bond motifs is 2. The van der Waals surface area contributed by atoms with Gasteiger partial charge in [0.2, 0.25) is 0 Å². The van der Waals surface area contributed by atoms with Gasteiger partial charge >= 0.3 is 5.97 Å². The molecule has 14 heavy (non-hydrogen) atoms. The number of rotatable bonds is 1. The molecular weight excluding hydrogens is 176 g/mol. The molecule has 0 N–H and O–H groups in total. The first kappa shape index (κ1) is 9.75. The minimum absolute atomic E-state index is 0.00523. The van der Waals surface area contributed by atoms with Gasteiger partial charge in [-0.1, -0.05) is 12.2 Å². The molecule has 0 spiro atoms. The van der Waals surface area contributed by atoms with Gasteiger partial charge in [0.25, 0.3) is 0 Å². The van der Waals surface area contributed by atoms with Crippen LogP contribution in [0, 0.1) is 17.8 Å². The molecule has 78 valence electrons. The monoisotopic (exact) mass is 194 g/mol. The van der Waals surface area contributed by atoms with Gasteiger partial charge in [-0.15, -0.1) is 0 Å². The Balaban J connectivity index is 1.97. The fourth-order valence-electron chi connectivity index (χ4n) is 2.43. The Bertz CT molecular complexity index is 273. The molecule has 0 amide bonds. The van der Waals surface area contributed by atoms with Crippen molar-refractivity contribution >= 4 is 5.97 Å². The second kappa shape index (κ2) is 3.11. The molecule has 2 bridgehead atoms. The first-order valence-corrected chi connectivity index (χ1v) is 5.37. The minimum Gasteiger partial charge on any atom is -0.460 e. The van der Waals surface area contributed by atoms with Crippen LogP contribution in [0.1, 0.15) is 33.6 Å². The minimum atomic E-state index is -0.345. The molecule has 0 saturated heterocycles. The van der Waals surface area contributed by atoms with E-state index in [1.54, 1.807) is 0 Å². The van der Waals surface area contributed by atoms with E-state index in [1.807, 2.05) is 20.8 Å². The highest BCUT2D eigenvalue weighted by Crippen LogP contribution is 2.44. The zero-order chi connectivity index (χ0) is 10.3. The molecule has 0 aromatic carbocycles. The van der Waals surface area contributed by atoms with Gasteiger partial charge in [0.1, 0.15) is 5.60 Å². The Kier molecular flexibility index (Phi) is 2.17. The summed E-state index contributed by atoms with van der Waals surface area (Å²) in [5.74, 6) is 1.21. The van der Waals surface area contributed by atoms with Gasteiger partial charge in [-0.2, -0.15) is 0 Å². The maximum Gasteiger partial charge on any atom is 0.310 e. The van der Waals surface area contributed by atoms with E-state index in [2.05, 4.69) is 12.2 Å². The van der Waals surface area contributed by atoms with Crippen molar-refractivity contribution in [1.82, 2.24) is 0 Å². The first-order valence-electron chi connectivity index (χ1n) is 5.37. The summed E-state index contributed by atoms with van der Waals surface area (Å²) in [7, 11) is 0. The Hall–Kier alpha value is -0.790. The molecule has 0 aliphatic heterocycles. The standard InChI is InChI=1S/C12H18O2/c1-12(2,3)14-11(13)10-7-8-4-5-9(10)6-8/h4-5,8-10H,6-7H2,1-3H3/t8-,9?,10?/m0/s1. The van der Waals surface area contributed by atoms with E-state index in [0.29, 0.717) is 11.8 Å². The van der Waals surface area contributed by atoms with Crippen LogP contribution in [0.3, 0.4) is 0 Å². The van der Waals surface area contributed by atoms with Crippen LogP contribution in [0.25, 0.3) is 0 Å². The van der Waals surface area contributed by atoms with Crippen LogP contribution in [-0.4, -0.2) is 11.6 Å². The third-order valence-electron chi connectivity index (χ3n) is 2.99. The molecule has 2 nitrogen and oxygen atoms in total. The summed E-state index contributed by atoms with van der Waals surface area (Å²) in [6.07, 6.45) is 6.58. The van der Waals surface area contributed by atoms with E-state index in [0.717, 1.165) is 12.8 Å². The lowest BCUT2D eigenvalue weighted by Gasteiger charge is -2.24. The van der Waals surface area contributed by atoms with Crippen LogP contribution in [0.15, 0.2) is 12.2 Å². The Morgan fingerprint density at radius 2 is 2.00 bits per heavy atom. The number of hydrogen-bond donors (Lipinski definition) is 0. The molecule has 1 fully saturated rings. The summed E-state index contributed by atoms with van der Waals surface area (Å²) < 4.78 is 5.40. The molecule has 0 radical (unpaired) electrons. The van der Waals surface area contributed by atoms with Crippen LogP contribution >= 0.6 is 0 Å². The second-order valence-corrected chi connectivity index (χ2v) is 5.42. The first-order chi connectivity index (χ1) is 6.46. The van der Waals surface area contributed by atoms with Crippen molar-refractivity contribution in [3.8, 4) is 0 Å². The Labute approximate surface area is 85.3 Å². The molecule has 2 aliphatic rings. The quantitative estimate of drug-likeness (QED) is 0.473. The van der Waals surface area contributed by atoms with Crippen molar-refractivity contribution in [3.05, 3.63) is 12.2 Å². The lowest BCUT2D eigenvalue weighted by molar-refractivity contribution is -0.160. The van der Waals surface area contributed by atoms with Crippen LogP contribution in [0.5, 0.6) is 0 Å². The van der Waals surface area contributed by atoms with Gasteiger partial charge in [-0.05, 0) is 45.4 Å². The molecule has 0 aromatic heterocycles. The van der Waals surface area contributed by atoms with Gasteiger partial charge in [0, 0.05) is 0 Å². The molecule has 1 saturated carbocycles. The van der Waals surface area contributed by atoms with Crippen molar-refractivity contribution in [3.63, 3.8) is 0 Å². The predicted octanol–water partition coefficient (Wildman–Crippen LogP) is 2.54. The van der Waals surface area contributed by atoms with E-state index < -0.39 is 0 Å². The predicted molar refractivity (Wildman–Crippen MR) is 54.7 cm³/mol. The average molecular weight is 194 g/mol. The molecule has 3 atom stereocenters. The summed E-state index contributed by atoms with van der Waals surface area (Å²) in [5, 5.41) is 0. The third-order valence-corrected chi connectivity index (χ3v) is 2.99. The van der Waals surface area contributed by atoms with Crippen molar-refractivity contribution in [2.75, 3.05) is 0 Å². The van der Waals surface area contributed by atoms with Crippen molar-refractivity contribution in [2.45, 2.75) is 39.2 Å². The fraction of sp³-hybridized carbons (Fsp3) is 0.750. The number of esters is 1. The largest absolute Gasteiger partial charge is 0.460 e. The SMILES string of the molecule is CC(C)(C)OC(=O)C1C[C@H]2C=CC1C2. The van der Waals surface area contributed by atoms with Gasteiger partial charge < -0.3 is 4.74 Å². The lowest BCUT2D eigenvalue weighted by atomic mass is 9.93. The third kappa shape index (κ3) is 1.84. The van der Waals surface area contributed by atoms with E-state index in [1.165, 1.54) is 0 Å². The molecule has 2 aliphatic carbocycles. The maximum atomic E-state index is 11.8. The second-order valence-electron chi connectivity index (χ2n) is 5.42. The molecule has 0 heterocycles. The summed E-state index contributed by atoms with van der Waals surface area (Å²) >= 11 is 0. The smallest absolute Gasteiger partial charge is 0.310 e. The van der Waals surface area contributed by atoms with Gasteiger partial charge in [-0.3, -0.25) is 4.79 Å². The van der Waals surface area contributed by atoms with Crippen LogP contribution < -0.4 is 0 Å². The number of allylic oxidation sites excluding steroid dienone is 2. The highest BCUT2D eigenvalue weighted by Gasteiger charge is 2.41. The Morgan fingerprint density at radius 3 is 2.43 bits per heavy atom. The topological polar surface area (TPSA) is 26.3 Å². The van der Waals surface area contributed by atoms with Crippen LogP contribution in [0.2, 0.25) is 0 Å². The van der Waals surface area contributed by atoms with Crippen LogP contribution in [-0.2, 0) is 9.53 Å². The highest BCUT2D eigenvalue weighted by atomic mass is 16.6. The molecule has 2 rings (SSSR count). The van der Waals surface area contributed by atoms with Gasteiger partial charge in [0.15, 0.2) is 0 Å². The summed E-state index contributed by atoms with van der Waals surface area (Å²) in [4.78, 5) is 11.8. The molecule has 0 aromatic rings.